The molecular formula is C25H25N5O2. The third-order valence-corrected chi connectivity index (χ3v) is 5.98. The summed E-state index contributed by atoms with van der Waals surface area (Å²) in [6.45, 7) is 1.80. The van der Waals surface area contributed by atoms with Crippen molar-refractivity contribution in [3.05, 3.63) is 89.3 Å². The molecule has 0 atom stereocenters. The SMILES string of the molecule is COc1ccccc1N1CCC(n2ccc(=O)c(-c3ccnn3-c3ccccc3)n2)CC1. The summed E-state index contributed by atoms with van der Waals surface area (Å²) in [5.41, 5.74) is 3.02. The van der Waals surface area contributed by atoms with Crippen molar-refractivity contribution < 1.29 is 4.74 Å². The van der Waals surface area contributed by atoms with Crippen molar-refractivity contribution in [2.45, 2.75) is 18.9 Å². The molecule has 1 aliphatic rings. The molecule has 1 fully saturated rings. The van der Waals surface area contributed by atoms with E-state index in [2.05, 4.69) is 16.1 Å². The Labute approximate surface area is 186 Å². The minimum absolute atomic E-state index is 0.106. The highest BCUT2D eigenvalue weighted by Gasteiger charge is 2.23. The van der Waals surface area contributed by atoms with Crippen LogP contribution in [-0.4, -0.2) is 39.8 Å². The number of hydrogen-bond acceptors (Lipinski definition) is 5. The highest BCUT2D eigenvalue weighted by Crippen LogP contribution is 2.32. The van der Waals surface area contributed by atoms with Crippen molar-refractivity contribution >= 4 is 5.69 Å². The van der Waals surface area contributed by atoms with E-state index < -0.39 is 0 Å². The fraction of sp³-hybridized carbons (Fsp3) is 0.240. The molecule has 0 saturated carbocycles. The lowest BCUT2D eigenvalue weighted by atomic mass is 10.0. The van der Waals surface area contributed by atoms with Crippen molar-refractivity contribution in [2.24, 2.45) is 0 Å². The molecule has 1 aliphatic heterocycles. The summed E-state index contributed by atoms with van der Waals surface area (Å²) in [6.07, 6.45) is 5.38. The molecule has 0 bridgehead atoms. The number of methoxy groups -OCH3 is 1. The van der Waals surface area contributed by atoms with E-state index in [0.717, 1.165) is 43.1 Å². The van der Waals surface area contributed by atoms with Gasteiger partial charge in [0.2, 0.25) is 5.43 Å². The Hall–Kier alpha value is -3.87. The number of piperidine rings is 1. The zero-order chi connectivity index (χ0) is 21.9. The average Bonchev–Trinajstić information content (AvgIpc) is 3.35. The van der Waals surface area contributed by atoms with Gasteiger partial charge in [-0.2, -0.15) is 10.2 Å². The number of aromatic nitrogens is 4. The minimum atomic E-state index is -0.106. The molecule has 2 aromatic heterocycles. The van der Waals surface area contributed by atoms with Crippen LogP contribution in [0.3, 0.4) is 0 Å². The first-order valence-electron chi connectivity index (χ1n) is 10.8. The van der Waals surface area contributed by atoms with E-state index in [1.807, 2.05) is 59.3 Å². The molecule has 162 valence electrons. The second-order valence-electron chi connectivity index (χ2n) is 7.86. The molecule has 0 aliphatic carbocycles. The van der Waals surface area contributed by atoms with Gasteiger partial charge in [0.25, 0.3) is 0 Å². The maximum Gasteiger partial charge on any atom is 0.209 e. The Kier molecular flexibility index (Phi) is 5.46. The van der Waals surface area contributed by atoms with Crippen LogP contribution in [-0.2, 0) is 0 Å². The summed E-state index contributed by atoms with van der Waals surface area (Å²) < 4.78 is 9.23. The Morgan fingerprint density at radius 2 is 1.69 bits per heavy atom. The zero-order valence-corrected chi connectivity index (χ0v) is 18.0. The molecule has 0 spiro atoms. The predicted octanol–water partition coefficient (Wildman–Crippen LogP) is 3.95. The summed E-state index contributed by atoms with van der Waals surface area (Å²) in [5, 5.41) is 9.17. The third-order valence-electron chi connectivity index (χ3n) is 5.98. The van der Waals surface area contributed by atoms with Gasteiger partial charge in [0.05, 0.1) is 36.4 Å². The van der Waals surface area contributed by atoms with Crippen molar-refractivity contribution in [2.75, 3.05) is 25.1 Å². The van der Waals surface area contributed by atoms with Gasteiger partial charge in [-0.1, -0.05) is 30.3 Å². The zero-order valence-electron chi connectivity index (χ0n) is 18.0. The number of para-hydroxylation sites is 3. The first-order chi connectivity index (χ1) is 15.7. The van der Waals surface area contributed by atoms with Gasteiger partial charge >= 0.3 is 0 Å². The van der Waals surface area contributed by atoms with E-state index in [1.165, 1.54) is 0 Å². The Balaban J connectivity index is 1.39. The summed E-state index contributed by atoms with van der Waals surface area (Å²) in [5.74, 6) is 0.892. The fourth-order valence-corrected chi connectivity index (χ4v) is 4.32. The third kappa shape index (κ3) is 3.77. The number of anilines is 1. The number of rotatable bonds is 5. The van der Waals surface area contributed by atoms with Crippen LogP contribution in [0.5, 0.6) is 5.75 Å². The van der Waals surface area contributed by atoms with Gasteiger partial charge < -0.3 is 9.64 Å². The number of benzene rings is 2. The van der Waals surface area contributed by atoms with E-state index in [-0.39, 0.29) is 11.5 Å². The molecule has 0 amide bonds. The number of nitrogens with zero attached hydrogens (tertiary/aromatic N) is 5. The smallest absolute Gasteiger partial charge is 0.209 e. The van der Waals surface area contributed by atoms with Crippen molar-refractivity contribution in [3.8, 4) is 22.8 Å². The van der Waals surface area contributed by atoms with E-state index >= 15 is 0 Å². The van der Waals surface area contributed by atoms with Crippen LogP contribution in [0.2, 0.25) is 0 Å². The molecule has 1 saturated heterocycles. The topological polar surface area (TPSA) is 65.2 Å². The van der Waals surface area contributed by atoms with Crippen LogP contribution < -0.4 is 15.1 Å². The maximum absolute atomic E-state index is 12.7. The number of ether oxygens (including phenoxy) is 1. The molecule has 0 unspecified atom stereocenters. The quantitative estimate of drug-likeness (QED) is 0.483. The van der Waals surface area contributed by atoms with Gasteiger partial charge in [0.15, 0.2) is 5.69 Å². The van der Waals surface area contributed by atoms with E-state index in [4.69, 9.17) is 9.84 Å². The largest absolute Gasteiger partial charge is 0.495 e. The van der Waals surface area contributed by atoms with E-state index in [9.17, 15) is 4.79 Å². The molecule has 2 aromatic carbocycles. The summed E-state index contributed by atoms with van der Waals surface area (Å²) in [7, 11) is 1.71. The molecule has 5 rings (SSSR count). The van der Waals surface area contributed by atoms with Gasteiger partial charge in [0, 0.05) is 25.4 Å². The average molecular weight is 428 g/mol. The molecular weight excluding hydrogens is 402 g/mol. The van der Waals surface area contributed by atoms with Crippen molar-refractivity contribution in [1.29, 1.82) is 0 Å². The van der Waals surface area contributed by atoms with Crippen molar-refractivity contribution in [3.63, 3.8) is 0 Å². The first-order valence-corrected chi connectivity index (χ1v) is 10.8. The highest BCUT2D eigenvalue weighted by atomic mass is 16.5. The monoisotopic (exact) mass is 427 g/mol. The summed E-state index contributed by atoms with van der Waals surface area (Å²) in [4.78, 5) is 15.1. The molecule has 7 heteroatoms. The van der Waals surface area contributed by atoms with E-state index in [1.54, 1.807) is 30.3 Å². The summed E-state index contributed by atoms with van der Waals surface area (Å²) in [6, 6.07) is 21.6. The highest BCUT2D eigenvalue weighted by molar-refractivity contribution is 5.59. The maximum atomic E-state index is 12.7. The van der Waals surface area contributed by atoms with Gasteiger partial charge in [-0.25, -0.2) is 4.68 Å². The van der Waals surface area contributed by atoms with Crippen LogP contribution in [0.15, 0.2) is 83.9 Å². The Bertz CT molecular complexity index is 1260. The van der Waals surface area contributed by atoms with Crippen LogP contribution in [0.4, 0.5) is 5.69 Å². The van der Waals surface area contributed by atoms with E-state index in [0.29, 0.717) is 11.4 Å². The van der Waals surface area contributed by atoms with Gasteiger partial charge in [-0.3, -0.25) is 9.48 Å². The molecule has 3 heterocycles. The second-order valence-corrected chi connectivity index (χ2v) is 7.86. The molecule has 7 nitrogen and oxygen atoms in total. The normalized spacial score (nSPS) is 14.5. The lowest BCUT2D eigenvalue weighted by molar-refractivity contribution is 0.358. The molecule has 4 aromatic rings. The first kappa shape index (κ1) is 20.1. The number of hydrogen-bond donors (Lipinski definition) is 0. The van der Waals surface area contributed by atoms with Crippen LogP contribution >= 0.6 is 0 Å². The predicted molar refractivity (Wildman–Crippen MR) is 125 cm³/mol. The van der Waals surface area contributed by atoms with Crippen LogP contribution in [0, 0.1) is 0 Å². The Morgan fingerprint density at radius 1 is 0.938 bits per heavy atom. The molecule has 0 N–H and O–H groups in total. The van der Waals surface area contributed by atoms with Crippen molar-refractivity contribution in [1.82, 2.24) is 19.6 Å². The minimum Gasteiger partial charge on any atom is -0.495 e. The lowest BCUT2D eigenvalue weighted by Crippen LogP contribution is -2.35. The van der Waals surface area contributed by atoms with Gasteiger partial charge in [0.1, 0.15) is 5.75 Å². The second kappa shape index (κ2) is 8.70. The lowest BCUT2D eigenvalue weighted by Gasteiger charge is -2.34. The standard InChI is InChI=1S/C25H25N5O2/c1-32-24-10-6-5-9-21(24)28-16-12-19(13-17-28)29-18-14-23(31)25(27-29)22-11-15-26-30(22)20-7-3-2-4-8-20/h2-11,14-15,18-19H,12-13,16-17H2,1H3. The van der Waals surface area contributed by atoms with Gasteiger partial charge in [-0.15, -0.1) is 0 Å². The van der Waals surface area contributed by atoms with Gasteiger partial charge in [-0.05, 0) is 43.2 Å². The fourth-order valence-electron chi connectivity index (χ4n) is 4.32. The summed E-state index contributed by atoms with van der Waals surface area (Å²) >= 11 is 0. The Morgan fingerprint density at radius 3 is 2.47 bits per heavy atom. The molecule has 0 radical (unpaired) electrons. The molecule has 32 heavy (non-hydrogen) atoms. The van der Waals surface area contributed by atoms with Crippen LogP contribution in [0.25, 0.3) is 17.1 Å². The van der Waals surface area contributed by atoms with Crippen LogP contribution in [0.1, 0.15) is 18.9 Å².